The standard InChI is InChI=1S/C15H14BrN3O4/c16-11-1-6-14(23-9-15(17)20)10(7-11)8-18-12-2-4-13(5-3-12)19(21)22/h1-7,18H,8-9H2,(H2,17,20). The van der Waals surface area contributed by atoms with Gasteiger partial charge in [-0.05, 0) is 30.3 Å². The fourth-order valence-corrected chi connectivity index (χ4v) is 2.28. The van der Waals surface area contributed by atoms with Crippen LogP contribution in [-0.2, 0) is 11.3 Å². The Hall–Kier alpha value is -2.61. The van der Waals surface area contributed by atoms with Crippen LogP contribution in [0.25, 0.3) is 0 Å². The van der Waals surface area contributed by atoms with Crippen molar-refractivity contribution < 1.29 is 14.5 Å². The maximum Gasteiger partial charge on any atom is 0.269 e. The van der Waals surface area contributed by atoms with E-state index in [1.807, 2.05) is 6.07 Å². The second-order valence-corrected chi connectivity index (χ2v) is 5.58. The van der Waals surface area contributed by atoms with E-state index in [1.165, 1.54) is 12.1 Å². The first-order valence-corrected chi connectivity index (χ1v) is 7.43. The van der Waals surface area contributed by atoms with E-state index in [9.17, 15) is 14.9 Å². The average molecular weight is 380 g/mol. The van der Waals surface area contributed by atoms with Crippen molar-refractivity contribution >= 4 is 33.2 Å². The average Bonchev–Trinajstić information content (AvgIpc) is 2.52. The highest BCUT2D eigenvalue weighted by molar-refractivity contribution is 9.10. The minimum atomic E-state index is -0.554. The van der Waals surface area contributed by atoms with Crippen LogP contribution in [0.15, 0.2) is 46.9 Å². The number of carbonyl (C=O) groups excluding carboxylic acids is 1. The number of nitro groups is 1. The molecule has 23 heavy (non-hydrogen) atoms. The minimum absolute atomic E-state index is 0.0310. The van der Waals surface area contributed by atoms with Gasteiger partial charge in [0, 0.05) is 34.4 Å². The largest absolute Gasteiger partial charge is 0.483 e. The number of nitrogens with zero attached hydrogens (tertiary/aromatic N) is 1. The molecule has 0 aliphatic carbocycles. The number of carbonyl (C=O) groups is 1. The summed E-state index contributed by atoms with van der Waals surface area (Å²) in [4.78, 5) is 21.0. The molecular formula is C15H14BrN3O4. The Morgan fingerprint density at radius 2 is 1.96 bits per heavy atom. The summed E-state index contributed by atoms with van der Waals surface area (Å²) in [6.45, 7) is 0.220. The molecule has 0 radical (unpaired) electrons. The van der Waals surface area contributed by atoms with E-state index < -0.39 is 10.8 Å². The Bertz CT molecular complexity index is 719. The van der Waals surface area contributed by atoms with Crippen LogP contribution < -0.4 is 15.8 Å². The molecule has 0 heterocycles. The monoisotopic (exact) mass is 379 g/mol. The van der Waals surface area contributed by atoms with Crippen molar-refractivity contribution in [1.82, 2.24) is 0 Å². The van der Waals surface area contributed by atoms with Crippen molar-refractivity contribution in [2.24, 2.45) is 5.73 Å². The minimum Gasteiger partial charge on any atom is -0.483 e. The molecule has 7 nitrogen and oxygen atoms in total. The van der Waals surface area contributed by atoms with E-state index in [0.717, 1.165) is 15.7 Å². The Morgan fingerprint density at radius 1 is 1.26 bits per heavy atom. The van der Waals surface area contributed by atoms with Gasteiger partial charge in [0.25, 0.3) is 11.6 Å². The number of nitro benzene ring substituents is 1. The molecule has 0 atom stereocenters. The SMILES string of the molecule is NC(=O)COc1ccc(Br)cc1CNc1ccc([N+](=O)[O-])cc1. The first kappa shape index (κ1) is 16.8. The van der Waals surface area contributed by atoms with E-state index in [-0.39, 0.29) is 12.3 Å². The Labute approximate surface area is 140 Å². The zero-order chi connectivity index (χ0) is 16.8. The molecule has 0 bridgehead atoms. The number of halogens is 1. The quantitative estimate of drug-likeness (QED) is 0.567. The second kappa shape index (κ2) is 7.59. The Kier molecular flexibility index (Phi) is 5.53. The van der Waals surface area contributed by atoms with Gasteiger partial charge in [-0.25, -0.2) is 0 Å². The number of nitrogens with one attached hydrogen (secondary N) is 1. The molecule has 120 valence electrons. The lowest BCUT2D eigenvalue weighted by molar-refractivity contribution is -0.384. The highest BCUT2D eigenvalue weighted by Crippen LogP contribution is 2.25. The highest BCUT2D eigenvalue weighted by Gasteiger charge is 2.08. The molecule has 2 rings (SSSR count). The molecule has 0 fully saturated rings. The van der Waals surface area contributed by atoms with Crippen molar-refractivity contribution in [1.29, 1.82) is 0 Å². The normalized spacial score (nSPS) is 10.1. The molecule has 0 aliphatic heterocycles. The molecule has 8 heteroatoms. The predicted octanol–water partition coefficient (Wildman–Crippen LogP) is 2.83. The lowest BCUT2D eigenvalue weighted by Crippen LogP contribution is -2.20. The number of ether oxygens (including phenoxy) is 1. The summed E-state index contributed by atoms with van der Waals surface area (Å²) in [7, 11) is 0. The highest BCUT2D eigenvalue weighted by atomic mass is 79.9. The zero-order valence-corrected chi connectivity index (χ0v) is 13.6. The molecule has 0 spiro atoms. The molecule has 0 aliphatic rings. The summed E-state index contributed by atoms with van der Waals surface area (Å²) in [5.41, 5.74) is 6.66. The lowest BCUT2D eigenvalue weighted by atomic mass is 10.2. The van der Waals surface area contributed by atoms with Gasteiger partial charge in [0.15, 0.2) is 6.61 Å². The Balaban J connectivity index is 2.08. The fraction of sp³-hybridized carbons (Fsp3) is 0.133. The van der Waals surface area contributed by atoms with Crippen molar-refractivity contribution in [2.75, 3.05) is 11.9 Å². The maximum atomic E-state index is 10.8. The van der Waals surface area contributed by atoms with E-state index in [2.05, 4.69) is 21.2 Å². The molecule has 0 aromatic heterocycles. The van der Waals surface area contributed by atoms with Gasteiger partial charge < -0.3 is 15.8 Å². The van der Waals surface area contributed by atoms with Crippen LogP contribution >= 0.6 is 15.9 Å². The predicted molar refractivity (Wildman–Crippen MR) is 89.3 cm³/mol. The molecule has 2 aromatic carbocycles. The molecule has 1 amide bonds. The molecule has 3 N–H and O–H groups in total. The van der Waals surface area contributed by atoms with Crippen LogP contribution in [0.1, 0.15) is 5.56 Å². The number of nitrogens with two attached hydrogens (primary N) is 1. The van der Waals surface area contributed by atoms with Crippen molar-refractivity contribution in [3.63, 3.8) is 0 Å². The van der Waals surface area contributed by atoms with Gasteiger partial charge in [0.05, 0.1) is 4.92 Å². The van der Waals surface area contributed by atoms with E-state index in [1.54, 1.807) is 24.3 Å². The van der Waals surface area contributed by atoms with Crippen LogP contribution in [0.2, 0.25) is 0 Å². The van der Waals surface area contributed by atoms with E-state index in [4.69, 9.17) is 10.5 Å². The van der Waals surface area contributed by atoms with Crippen LogP contribution in [0.3, 0.4) is 0 Å². The first-order valence-electron chi connectivity index (χ1n) is 6.63. The number of non-ortho nitro benzene ring substituents is 1. The maximum absolute atomic E-state index is 10.8. The molecule has 0 saturated carbocycles. The summed E-state index contributed by atoms with van der Waals surface area (Å²) >= 11 is 3.38. The lowest BCUT2D eigenvalue weighted by Gasteiger charge is -2.12. The smallest absolute Gasteiger partial charge is 0.269 e. The third kappa shape index (κ3) is 4.96. The summed E-state index contributed by atoms with van der Waals surface area (Å²) in [6, 6.07) is 11.5. The van der Waals surface area contributed by atoms with E-state index >= 15 is 0 Å². The first-order chi connectivity index (χ1) is 11.0. The number of benzene rings is 2. The fourth-order valence-electron chi connectivity index (χ4n) is 1.87. The summed E-state index contributed by atoms with van der Waals surface area (Å²) in [6.07, 6.45) is 0. The van der Waals surface area contributed by atoms with Crippen LogP contribution in [0, 0.1) is 10.1 Å². The van der Waals surface area contributed by atoms with Gasteiger partial charge in [-0.2, -0.15) is 0 Å². The second-order valence-electron chi connectivity index (χ2n) is 4.66. The van der Waals surface area contributed by atoms with Gasteiger partial charge in [0.2, 0.25) is 0 Å². The topological polar surface area (TPSA) is 107 Å². The number of primary amides is 1. The van der Waals surface area contributed by atoms with Crippen molar-refractivity contribution in [3.8, 4) is 5.75 Å². The van der Waals surface area contributed by atoms with Crippen LogP contribution in [-0.4, -0.2) is 17.4 Å². The van der Waals surface area contributed by atoms with E-state index in [0.29, 0.717) is 12.3 Å². The molecular weight excluding hydrogens is 366 g/mol. The zero-order valence-electron chi connectivity index (χ0n) is 12.0. The molecule has 0 unspecified atom stereocenters. The van der Waals surface area contributed by atoms with Gasteiger partial charge >= 0.3 is 0 Å². The molecule has 2 aromatic rings. The number of rotatable bonds is 7. The van der Waals surface area contributed by atoms with Gasteiger partial charge in [0.1, 0.15) is 5.75 Å². The van der Waals surface area contributed by atoms with Crippen molar-refractivity contribution in [3.05, 3.63) is 62.6 Å². The van der Waals surface area contributed by atoms with Gasteiger partial charge in [-0.1, -0.05) is 15.9 Å². The number of anilines is 1. The third-order valence-electron chi connectivity index (χ3n) is 2.95. The Morgan fingerprint density at radius 3 is 2.57 bits per heavy atom. The van der Waals surface area contributed by atoms with Gasteiger partial charge in [-0.3, -0.25) is 14.9 Å². The van der Waals surface area contributed by atoms with Crippen LogP contribution in [0.4, 0.5) is 11.4 Å². The summed E-state index contributed by atoms with van der Waals surface area (Å²) in [5.74, 6) is -0.0105. The number of hydrogen-bond donors (Lipinski definition) is 2. The summed E-state index contributed by atoms with van der Waals surface area (Å²) in [5, 5.41) is 13.8. The molecule has 0 saturated heterocycles. The van der Waals surface area contributed by atoms with Crippen LogP contribution in [0.5, 0.6) is 5.75 Å². The van der Waals surface area contributed by atoms with Crippen molar-refractivity contribution in [2.45, 2.75) is 6.54 Å². The van der Waals surface area contributed by atoms with Gasteiger partial charge in [-0.15, -0.1) is 0 Å². The third-order valence-corrected chi connectivity index (χ3v) is 3.45. The number of hydrogen-bond acceptors (Lipinski definition) is 5. The number of amides is 1. The summed E-state index contributed by atoms with van der Waals surface area (Å²) < 4.78 is 6.23.